The van der Waals surface area contributed by atoms with Gasteiger partial charge in [0.2, 0.25) is 5.91 Å². The van der Waals surface area contributed by atoms with Crippen molar-refractivity contribution in [2.24, 2.45) is 0 Å². The van der Waals surface area contributed by atoms with Crippen LogP contribution in [0.15, 0.2) is 58.5 Å². The monoisotopic (exact) mass is 401 g/mol. The van der Waals surface area contributed by atoms with Crippen LogP contribution < -0.4 is 10.9 Å². The van der Waals surface area contributed by atoms with Crippen LogP contribution >= 0.6 is 23.4 Å². The Bertz CT molecular complexity index is 1040. The van der Waals surface area contributed by atoms with Crippen LogP contribution in [0.4, 0.5) is 5.69 Å². The van der Waals surface area contributed by atoms with Crippen molar-refractivity contribution in [1.82, 2.24) is 9.55 Å². The number of fused-ring (bicyclic) bond motifs is 1. The largest absolute Gasteiger partial charge is 0.325 e. The lowest BCUT2D eigenvalue weighted by Gasteiger charge is -2.16. The number of aromatic nitrogens is 2. The number of anilines is 1. The molecule has 0 bridgehead atoms. The van der Waals surface area contributed by atoms with Gasteiger partial charge in [-0.05, 0) is 43.7 Å². The van der Waals surface area contributed by atoms with Crippen LogP contribution in [0.2, 0.25) is 5.02 Å². The molecule has 0 saturated carbocycles. The van der Waals surface area contributed by atoms with E-state index in [-0.39, 0.29) is 11.5 Å². The number of rotatable bonds is 6. The highest BCUT2D eigenvalue weighted by Gasteiger charge is 2.19. The summed E-state index contributed by atoms with van der Waals surface area (Å²) < 4.78 is 1.65. The van der Waals surface area contributed by atoms with Crippen LogP contribution in [0.5, 0.6) is 0 Å². The summed E-state index contributed by atoms with van der Waals surface area (Å²) in [6, 6.07) is 14.3. The second kappa shape index (κ2) is 8.59. The summed E-state index contributed by atoms with van der Waals surface area (Å²) in [7, 11) is 0. The van der Waals surface area contributed by atoms with Crippen LogP contribution in [0.25, 0.3) is 10.9 Å². The third-order valence-corrected chi connectivity index (χ3v) is 5.34. The van der Waals surface area contributed by atoms with Gasteiger partial charge >= 0.3 is 0 Å². The minimum atomic E-state index is -0.430. The number of thioether (sulfide) groups is 1. The predicted octanol–water partition coefficient (Wildman–Crippen LogP) is 4.58. The molecule has 0 aliphatic heterocycles. The summed E-state index contributed by atoms with van der Waals surface area (Å²) >= 11 is 7.24. The van der Waals surface area contributed by atoms with E-state index in [9.17, 15) is 9.59 Å². The highest BCUT2D eigenvalue weighted by atomic mass is 35.5. The molecule has 2 aromatic carbocycles. The lowest BCUT2D eigenvalue weighted by atomic mass is 10.2. The van der Waals surface area contributed by atoms with E-state index in [2.05, 4.69) is 10.3 Å². The Morgan fingerprint density at radius 2 is 2.04 bits per heavy atom. The Morgan fingerprint density at radius 3 is 2.78 bits per heavy atom. The van der Waals surface area contributed by atoms with E-state index < -0.39 is 5.25 Å². The molecule has 1 heterocycles. The van der Waals surface area contributed by atoms with Crippen LogP contribution in [-0.4, -0.2) is 20.7 Å². The quantitative estimate of drug-likeness (QED) is 0.485. The van der Waals surface area contributed by atoms with E-state index in [1.807, 2.05) is 25.1 Å². The first-order valence-corrected chi connectivity index (χ1v) is 9.98. The van der Waals surface area contributed by atoms with Gasteiger partial charge in [-0.3, -0.25) is 14.2 Å². The highest BCUT2D eigenvalue weighted by molar-refractivity contribution is 8.00. The molecule has 0 aliphatic rings. The third kappa shape index (κ3) is 4.51. The van der Waals surface area contributed by atoms with Crippen LogP contribution in [0.3, 0.4) is 0 Å². The Balaban J connectivity index is 1.87. The number of halogens is 1. The van der Waals surface area contributed by atoms with Crippen molar-refractivity contribution in [1.29, 1.82) is 0 Å². The molecule has 140 valence electrons. The maximum Gasteiger partial charge on any atom is 0.262 e. The fraction of sp³-hybridized carbons (Fsp3) is 0.250. The third-order valence-electron chi connectivity index (χ3n) is 4.02. The van der Waals surface area contributed by atoms with E-state index in [0.29, 0.717) is 33.3 Å². The summed E-state index contributed by atoms with van der Waals surface area (Å²) in [5, 5.41) is 4.11. The first-order valence-electron chi connectivity index (χ1n) is 8.72. The summed E-state index contributed by atoms with van der Waals surface area (Å²) in [6.45, 7) is 4.36. The number of carbonyl (C=O) groups excluding carboxylic acids is 1. The Labute approximate surface area is 166 Å². The number of amides is 1. The number of hydrogen-bond acceptors (Lipinski definition) is 4. The molecule has 0 radical (unpaired) electrons. The topological polar surface area (TPSA) is 64.0 Å². The number of nitrogens with one attached hydrogen (secondary N) is 1. The molecular formula is C20H20ClN3O2S. The van der Waals surface area contributed by atoms with E-state index in [4.69, 9.17) is 11.6 Å². The smallest absolute Gasteiger partial charge is 0.262 e. The van der Waals surface area contributed by atoms with Crippen molar-refractivity contribution in [3.8, 4) is 0 Å². The van der Waals surface area contributed by atoms with Crippen LogP contribution in [0.1, 0.15) is 20.3 Å². The van der Waals surface area contributed by atoms with E-state index in [0.717, 1.165) is 6.42 Å². The lowest BCUT2D eigenvalue weighted by molar-refractivity contribution is -0.115. The molecule has 0 aliphatic carbocycles. The fourth-order valence-electron chi connectivity index (χ4n) is 2.68. The second-order valence-corrected chi connectivity index (χ2v) is 7.87. The summed E-state index contributed by atoms with van der Waals surface area (Å²) in [5.41, 5.74) is 1.20. The lowest BCUT2D eigenvalue weighted by Crippen LogP contribution is -2.27. The zero-order valence-corrected chi connectivity index (χ0v) is 16.7. The molecule has 5 nitrogen and oxygen atoms in total. The van der Waals surface area contributed by atoms with Gasteiger partial charge in [0.05, 0.1) is 16.2 Å². The van der Waals surface area contributed by atoms with E-state index in [1.165, 1.54) is 11.8 Å². The SMILES string of the molecule is CCCn1c(SC(C)C(=O)Nc2cccc(Cl)c2)nc2ccccc2c1=O. The number of para-hydroxylation sites is 1. The van der Waals surface area contributed by atoms with Gasteiger partial charge in [-0.1, -0.05) is 48.5 Å². The summed E-state index contributed by atoms with van der Waals surface area (Å²) in [5.74, 6) is -0.173. The molecule has 0 spiro atoms. The molecule has 1 N–H and O–H groups in total. The Morgan fingerprint density at radius 1 is 1.26 bits per heavy atom. The average Bonchev–Trinajstić information content (AvgIpc) is 2.65. The molecule has 3 rings (SSSR count). The molecule has 0 saturated heterocycles. The minimum Gasteiger partial charge on any atom is -0.325 e. The van der Waals surface area contributed by atoms with Crippen LogP contribution in [-0.2, 0) is 11.3 Å². The highest BCUT2D eigenvalue weighted by Crippen LogP contribution is 2.24. The van der Waals surface area contributed by atoms with Crippen molar-refractivity contribution in [3.63, 3.8) is 0 Å². The molecule has 1 unspecified atom stereocenters. The van der Waals surface area contributed by atoms with Gasteiger partial charge in [0.15, 0.2) is 5.16 Å². The maximum absolute atomic E-state index is 12.8. The van der Waals surface area contributed by atoms with E-state index in [1.54, 1.807) is 41.8 Å². The molecule has 1 aromatic heterocycles. The molecular weight excluding hydrogens is 382 g/mol. The molecule has 0 fully saturated rings. The zero-order valence-electron chi connectivity index (χ0n) is 15.1. The zero-order chi connectivity index (χ0) is 19.4. The van der Waals surface area contributed by atoms with Gasteiger partial charge in [-0.2, -0.15) is 0 Å². The van der Waals surface area contributed by atoms with Gasteiger partial charge in [-0.15, -0.1) is 0 Å². The molecule has 27 heavy (non-hydrogen) atoms. The van der Waals surface area contributed by atoms with Gasteiger partial charge < -0.3 is 5.32 Å². The maximum atomic E-state index is 12.8. The predicted molar refractivity (Wildman–Crippen MR) is 112 cm³/mol. The van der Waals surface area contributed by atoms with Gasteiger partial charge in [0, 0.05) is 17.3 Å². The van der Waals surface area contributed by atoms with Crippen molar-refractivity contribution in [3.05, 3.63) is 63.9 Å². The van der Waals surface area contributed by atoms with Crippen LogP contribution in [0, 0.1) is 0 Å². The summed E-state index contributed by atoms with van der Waals surface area (Å²) in [4.78, 5) is 30.0. The standard InChI is InChI=1S/C20H20ClN3O2S/c1-3-11-24-19(26)16-9-4-5-10-17(16)23-20(24)27-13(2)18(25)22-15-8-6-7-14(21)12-15/h4-10,12-13H,3,11H2,1-2H3,(H,22,25). The number of hydrogen-bond donors (Lipinski definition) is 1. The minimum absolute atomic E-state index is 0.0765. The average molecular weight is 402 g/mol. The fourth-order valence-corrected chi connectivity index (χ4v) is 3.81. The van der Waals surface area contributed by atoms with Gasteiger partial charge in [0.1, 0.15) is 0 Å². The van der Waals surface area contributed by atoms with Gasteiger partial charge in [-0.25, -0.2) is 4.98 Å². The molecule has 1 atom stereocenters. The van der Waals surface area contributed by atoms with Crippen molar-refractivity contribution < 1.29 is 4.79 Å². The Kier molecular flexibility index (Phi) is 6.19. The van der Waals surface area contributed by atoms with Crippen molar-refractivity contribution in [2.75, 3.05) is 5.32 Å². The van der Waals surface area contributed by atoms with Gasteiger partial charge in [0.25, 0.3) is 5.56 Å². The molecule has 3 aromatic rings. The van der Waals surface area contributed by atoms with Crippen molar-refractivity contribution in [2.45, 2.75) is 37.2 Å². The summed E-state index contributed by atoms with van der Waals surface area (Å²) in [6.07, 6.45) is 0.802. The molecule has 7 heteroatoms. The number of nitrogens with zero attached hydrogens (tertiary/aromatic N) is 2. The number of carbonyl (C=O) groups is 1. The Hall–Kier alpha value is -2.31. The van der Waals surface area contributed by atoms with Crippen molar-refractivity contribution >= 4 is 45.9 Å². The normalized spacial score (nSPS) is 12.1. The second-order valence-electron chi connectivity index (χ2n) is 6.13. The first-order chi connectivity index (χ1) is 13.0. The van der Waals surface area contributed by atoms with E-state index >= 15 is 0 Å². The number of benzene rings is 2. The first kappa shape index (κ1) is 19.5. The molecule has 1 amide bonds.